The third kappa shape index (κ3) is 4.67. The second kappa shape index (κ2) is 8.39. The van der Waals surface area contributed by atoms with Crippen LogP contribution in [0.5, 0.6) is 5.75 Å². The summed E-state index contributed by atoms with van der Waals surface area (Å²) in [7, 11) is 1.19. The van der Waals surface area contributed by atoms with Crippen LogP contribution >= 0.6 is 23.1 Å². The summed E-state index contributed by atoms with van der Waals surface area (Å²) in [6.45, 7) is 0. The molecule has 27 heavy (non-hydrogen) atoms. The highest BCUT2D eigenvalue weighted by molar-refractivity contribution is 7.98. The molecule has 142 valence electrons. The van der Waals surface area contributed by atoms with Crippen LogP contribution in [-0.4, -0.2) is 43.9 Å². The predicted molar refractivity (Wildman–Crippen MR) is 109 cm³/mol. The maximum Gasteiger partial charge on any atom is 0.244 e. The summed E-state index contributed by atoms with van der Waals surface area (Å²) in [5.41, 5.74) is 2.01. The minimum atomic E-state index is -3.45. The number of nitrogens with zero attached hydrogens (tertiary/aromatic N) is 3. The van der Waals surface area contributed by atoms with Crippen molar-refractivity contribution < 1.29 is 13.2 Å². The van der Waals surface area contributed by atoms with E-state index in [4.69, 9.17) is 4.74 Å². The van der Waals surface area contributed by atoms with Crippen LogP contribution in [0.1, 0.15) is 5.69 Å². The molecule has 0 spiro atoms. The Morgan fingerprint density at radius 1 is 1.15 bits per heavy atom. The number of methoxy groups -OCH3 is 1. The van der Waals surface area contributed by atoms with E-state index in [1.807, 2.05) is 29.6 Å². The average Bonchev–Trinajstić information content (AvgIpc) is 3.15. The molecule has 2 heterocycles. The third-order valence-corrected chi connectivity index (χ3v) is 7.46. The molecule has 3 aromatic rings. The van der Waals surface area contributed by atoms with Crippen LogP contribution in [0, 0.1) is 0 Å². The molecule has 0 N–H and O–H groups in total. The average molecular weight is 422 g/mol. The van der Waals surface area contributed by atoms with Gasteiger partial charge in [-0.2, -0.15) is 0 Å². The summed E-state index contributed by atoms with van der Waals surface area (Å²) in [6.07, 6.45) is 1.39. The summed E-state index contributed by atoms with van der Waals surface area (Å²) in [4.78, 5) is 9.09. The van der Waals surface area contributed by atoms with Crippen molar-refractivity contribution in [3.8, 4) is 16.3 Å². The molecule has 6 nitrogen and oxygen atoms in total. The van der Waals surface area contributed by atoms with E-state index < -0.39 is 10.0 Å². The van der Waals surface area contributed by atoms with Crippen LogP contribution in [0.25, 0.3) is 10.6 Å². The number of thiazole rings is 1. The first-order valence-electron chi connectivity index (χ1n) is 8.00. The molecular weight excluding hydrogens is 402 g/mol. The highest BCUT2D eigenvalue weighted by Gasteiger charge is 2.17. The van der Waals surface area contributed by atoms with Gasteiger partial charge in [-0.1, -0.05) is 0 Å². The molecule has 2 aromatic heterocycles. The van der Waals surface area contributed by atoms with E-state index in [1.165, 1.54) is 36.4 Å². The molecule has 0 aliphatic carbocycles. The number of thioether (sulfide) groups is 1. The van der Waals surface area contributed by atoms with Crippen molar-refractivity contribution in [3.05, 3.63) is 53.7 Å². The molecule has 1 aromatic carbocycles. The normalized spacial score (nSPS) is 11.7. The Bertz CT molecular complexity index is 998. The lowest BCUT2D eigenvalue weighted by Crippen LogP contribution is -2.22. The fourth-order valence-corrected chi connectivity index (χ4v) is 4.72. The highest BCUT2D eigenvalue weighted by atomic mass is 32.2. The van der Waals surface area contributed by atoms with Gasteiger partial charge in [0.05, 0.1) is 17.8 Å². The number of sulfonamides is 1. The topological polar surface area (TPSA) is 72.4 Å². The van der Waals surface area contributed by atoms with Crippen LogP contribution in [0.2, 0.25) is 0 Å². The lowest BCUT2D eigenvalue weighted by Gasteiger charge is -2.10. The summed E-state index contributed by atoms with van der Waals surface area (Å²) in [6, 6.07) is 11.1. The number of pyridine rings is 1. The number of aromatic nitrogens is 2. The Hall–Kier alpha value is -1.94. The van der Waals surface area contributed by atoms with Crippen LogP contribution in [-0.2, 0) is 15.8 Å². The minimum absolute atomic E-state index is 0.187. The molecular formula is C18H19N3O3S3. The largest absolute Gasteiger partial charge is 0.497 e. The van der Waals surface area contributed by atoms with E-state index >= 15 is 0 Å². The Balaban J connectivity index is 1.64. The van der Waals surface area contributed by atoms with Gasteiger partial charge < -0.3 is 4.74 Å². The number of ether oxygens (including phenoxy) is 1. The Kier molecular flexibility index (Phi) is 6.15. The van der Waals surface area contributed by atoms with Gasteiger partial charge in [0, 0.05) is 37.0 Å². The second-order valence-corrected chi connectivity index (χ2v) is 9.79. The molecule has 0 aliphatic rings. The minimum Gasteiger partial charge on any atom is -0.497 e. The smallest absolute Gasteiger partial charge is 0.244 e. The van der Waals surface area contributed by atoms with Gasteiger partial charge in [0.25, 0.3) is 0 Å². The van der Waals surface area contributed by atoms with Gasteiger partial charge in [0.1, 0.15) is 15.7 Å². The van der Waals surface area contributed by atoms with Crippen molar-refractivity contribution in [1.82, 2.24) is 14.3 Å². The molecule has 0 aliphatic heterocycles. The first-order valence-corrected chi connectivity index (χ1v) is 11.3. The lowest BCUT2D eigenvalue weighted by atomic mass is 10.2. The molecule has 0 unspecified atom stereocenters. The summed E-state index contributed by atoms with van der Waals surface area (Å²) in [5, 5.41) is 3.73. The number of hydrogen-bond donors (Lipinski definition) is 0. The maximum atomic E-state index is 12.1. The maximum absolute atomic E-state index is 12.1. The van der Waals surface area contributed by atoms with Gasteiger partial charge in [-0.3, -0.25) is 0 Å². The molecule has 0 saturated carbocycles. The van der Waals surface area contributed by atoms with Gasteiger partial charge in [0.15, 0.2) is 0 Å². The van der Waals surface area contributed by atoms with Gasteiger partial charge in [-0.05, 0) is 36.4 Å². The molecule has 0 amide bonds. The van der Waals surface area contributed by atoms with Crippen molar-refractivity contribution in [1.29, 1.82) is 0 Å². The Morgan fingerprint density at radius 2 is 1.89 bits per heavy atom. The van der Waals surface area contributed by atoms with Gasteiger partial charge in [0.2, 0.25) is 10.0 Å². The first kappa shape index (κ1) is 19.8. The number of benzene rings is 1. The molecule has 0 fully saturated rings. The molecule has 0 saturated heterocycles. The SMILES string of the molecule is COc1ccc(-c2nc(CSc3ccc(S(=O)(=O)N(C)C)cn3)cs2)cc1. The van der Waals surface area contributed by atoms with Gasteiger partial charge >= 0.3 is 0 Å². The monoisotopic (exact) mass is 421 g/mol. The second-order valence-electron chi connectivity index (χ2n) is 5.78. The molecule has 3 rings (SSSR count). The number of hydrogen-bond acceptors (Lipinski definition) is 7. The van der Waals surface area contributed by atoms with Crippen LogP contribution in [0.4, 0.5) is 0 Å². The molecule has 0 bridgehead atoms. The zero-order chi connectivity index (χ0) is 19.4. The standard InChI is InChI=1S/C18H19N3O3S3/c1-21(2)27(22,23)16-8-9-17(19-10-16)25-11-14-12-26-18(20-14)13-4-6-15(24-3)7-5-13/h4-10,12H,11H2,1-3H3. The van der Waals surface area contributed by atoms with Gasteiger partial charge in [-0.25, -0.2) is 22.7 Å². The predicted octanol–water partition coefficient (Wildman–Crippen LogP) is 3.76. The van der Waals surface area contributed by atoms with Gasteiger partial charge in [-0.15, -0.1) is 23.1 Å². The molecule has 9 heteroatoms. The van der Waals surface area contributed by atoms with Crippen molar-refractivity contribution >= 4 is 33.1 Å². The van der Waals surface area contributed by atoms with Crippen molar-refractivity contribution in [2.24, 2.45) is 0 Å². The van der Waals surface area contributed by atoms with Crippen molar-refractivity contribution in [2.75, 3.05) is 21.2 Å². The van der Waals surface area contributed by atoms with E-state index in [0.717, 1.165) is 27.0 Å². The summed E-state index contributed by atoms with van der Waals surface area (Å²) < 4.78 is 30.5. The van der Waals surface area contributed by atoms with Crippen LogP contribution in [0.3, 0.4) is 0 Å². The van der Waals surface area contributed by atoms with E-state index in [2.05, 4.69) is 9.97 Å². The van der Waals surface area contributed by atoms with E-state index in [-0.39, 0.29) is 4.90 Å². The lowest BCUT2D eigenvalue weighted by molar-refractivity contribution is 0.415. The highest BCUT2D eigenvalue weighted by Crippen LogP contribution is 2.28. The van der Waals surface area contributed by atoms with Crippen LogP contribution < -0.4 is 4.74 Å². The first-order chi connectivity index (χ1) is 12.9. The van der Waals surface area contributed by atoms with Crippen molar-refractivity contribution in [2.45, 2.75) is 15.7 Å². The quantitative estimate of drug-likeness (QED) is 0.541. The molecule has 0 atom stereocenters. The third-order valence-electron chi connectivity index (χ3n) is 3.74. The van der Waals surface area contributed by atoms with E-state index in [1.54, 1.807) is 30.6 Å². The zero-order valence-corrected chi connectivity index (χ0v) is 17.6. The van der Waals surface area contributed by atoms with E-state index in [9.17, 15) is 8.42 Å². The Labute approximate surface area is 167 Å². The molecule has 0 radical (unpaired) electrons. The van der Waals surface area contributed by atoms with Crippen LogP contribution in [0.15, 0.2) is 57.9 Å². The fourth-order valence-electron chi connectivity index (χ4n) is 2.20. The van der Waals surface area contributed by atoms with E-state index in [0.29, 0.717) is 5.75 Å². The number of rotatable bonds is 7. The summed E-state index contributed by atoms with van der Waals surface area (Å²) in [5.74, 6) is 1.48. The fraction of sp³-hybridized carbons (Fsp3) is 0.222. The van der Waals surface area contributed by atoms with Crippen molar-refractivity contribution in [3.63, 3.8) is 0 Å². The zero-order valence-electron chi connectivity index (χ0n) is 15.1. The Morgan fingerprint density at radius 3 is 2.48 bits per heavy atom. The summed E-state index contributed by atoms with van der Waals surface area (Å²) >= 11 is 3.11.